The molecular weight excluding hydrogens is 298 g/mol. The first-order chi connectivity index (χ1) is 11.0. The van der Waals surface area contributed by atoms with Crippen molar-refractivity contribution < 1.29 is 24.6 Å². The molecule has 0 aliphatic heterocycles. The van der Waals surface area contributed by atoms with Gasteiger partial charge in [0.15, 0.2) is 0 Å². The molecule has 6 heteroatoms. The topological polar surface area (TPSA) is 104 Å². The monoisotopic (exact) mass is 317 g/mol. The van der Waals surface area contributed by atoms with Crippen LogP contribution in [-0.2, 0) is 16.1 Å². The number of hydrogen-bond acceptors (Lipinski definition) is 3. The number of amides is 1. The molecule has 2 aliphatic rings. The first kappa shape index (κ1) is 15.5. The van der Waals surface area contributed by atoms with E-state index in [1.54, 1.807) is 12.1 Å². The molecule has 23 heavy (non-hydrogen) atoms. The van der Waals surface area contributed by atoms with Crippen molar-refractivity contribution in [1.29, 1.82) is 0 Å². The van der Waals surface area contributed by atoms with Crippen LogP contribution in [0.3, 0.4) is 0 Å². The molecule has 0 aromatic heterocycles. The molecule has 2 fully saturated rings. The summed E-state index contributed by atoms with van der Waals surface area (Å²) in [7, 11) is 0. The summed E-state index contributed by atoms with van der Waals surface area (Å²) < 4.78 is 0. The van der Waals surface area contributed by atoms with Crippen LogP contribution in [0.1, 0.15) is 35.2 Å². The van der Waals surface area contributed by atoms with E-state index in [0.717, 1.165) is 24.8 Å². The predicted octanol–water partition coefficient (Wildman–Crippen LogP) is 1.75. The molecule has 6 nitrogen and oxygen atoms in total. The van der Waals surface area contributed by atoms with Crippen LogP contribution in [0.15, 0.2) is 24.3 Å². The number of carbonyl (C=O) groups excluding carboxylic acids is 1. The molecule has 2 aliphatic carbocycles. The molecule has 0 spiro atoms. The minimum atomic E-state index is -0.994. The van der Waals surface area contributed by atoms with Crippen molar-refractivity contribution in [2.75, 3.05) is 0 Å². The fraction of sp³-hybridized carbons (Fsp3) is 0.471. The number of rotatable bonds is 5. The van der Waals surface area contributed by atoms with E-state index < -0.39 is 23.8 Å². The summed E-state index contributed by atoms with van der Waals surface area (Å²) in [6.07, 6.45) is 2.67. The van der Waals surface area contributed by atoms with Gasteiger partial charge in [0.05, 0.1) is 17.4 Å². The van der Waals surface area contributed by atoms with Crippen LogP contribution in [-0.4, -0.2) is 28.1 Å². The highest BCUT2D eigenvalue weighted by Gasteiger charge is 2.53. The van der Waals surface area contributed by atoms with Gasteiger partial charge in [0, 0.05) is 6.54 Å². The number of carboxylic acid groups (broad SMARTS) is 2. The molecule has 0 heterocycles. The number of aromatic carboxylic acids is 1. The number of fused-ring (bicyclic) bond motifs is 2. The minimum absolute atomic E-state index is 0.128. The van der Waals surface area contributed by atoms with Gasteiger partial charge < -0.3 is 15.5 Å². The van der Waals surface area contributed by atoms with Gasteiger partial charge in [0.25, 0.3) is 0 Å². The van der Waals surface area contributed by atoms with Gasteiger partial charge in [-0.25, -0.2) is 4.79 Å². The average molecular weight is 317 g/mol. The lowest BCUT2D eigenvalue weighted by Gasteiger charge is -2.27. The van der Waals surface area contributed by atoms with E-state index in [4.69, 9.17) is 5.11 Å². The summed E-state index contributed by atoms with van der Waals surface area (Å²) in [4.78, 5) is 34.7. The molecule has 1 aromatic carbocycles. The number of nitrogens with one attached hydrogen (secondary N) is 1. The summed E-state index contributed by atoms with van der Waals surface area (Å²) in [5.74, 6) is -2.77. The van der Waals surface area contributed by atoms with Crippen LogP contribution in [0.2, 0.25) is 0 Å². The van der Waals surface area contributed by atoms with Gasteiger partial charge in [-0.3, -0.25) is 9.59 Å². The molecule has 2 saturated carbocycles. The second kappa shape index (κ2) is 6.02. The van der Waals surface area contributed by atoms with Gasteiger partial charge >= 0.3 is 11.9 Å². The largest absolute Gasteiger partial charge is 0.481 e. The zero-order valence-corrected chi connectivity index (χ0v) is 12.6. The predicted molar refractivity (Wildman–Crippen MR) is 80.7 cm³/mol. The lowest BCUT2D eigenvalue weighted by molar-refractivity contribution is -0.149. The highest BCUT2D eigenvalue weighted by atomic mass is 16.4. The number of carbonyl (C=O) groups is 3. The van der Waals surface area contributed by atoms with Crippen LogP contribution < -0.4 is 5.32 Å². The maximum absolute atomic E-state index is 12.4. The third-order valence-corrected chi connectivity index (χ3v) is 5.17. The minimum Gasteiger partial charge on any atom is -0.481 e. The lowest BCUT2D eigenvalue weighted by Crippen LogP contribution is -2.41. The highest BCUT2D eigenvalue weighted by Crippen LogP contribution is 2.52. The number of hydrogen-bond donors (Lipinski definition) is 3. The second-order valence-electron chi connectivity index (χ2n) is 6.44. The summed E-state index contributed by atoms with van der Waals surface area (Å²) in [5.41, 5.74) is 0.984. The standard InChI is InChI=1S/C17H19NO5/c19-15(13-11-5-6-12(7-11)14(13)17(22)23)18-8-9-1-3-10(4-2-9)16(20)21/h1-4,11-14H,5-8H2,(H,18,19)(H,20,21)(H,22,23)/t11-,12-,13-,14+/m0/s1. The molecule has 122 valence electrons. The van der Waals surface area contributed by atoms with E-state index in [-0.39, 0.29) is 29.9 Å². The van der Waals surface area contributed by atoms with Gasteiger partial charge in [0.2, 0.25) is 5.91 Å². The van der Waals surface area contributed by atoms with E-state index in [9.17, 15) is 19.5 Å². The Morgan fingerprint density at radius 3 is 2.17 bits per heavy atom. The third kappa shape index (κ3) is 2.93. The number of benzene rings is 1. The Balaban J connectivity index is 1.63. The van der Waals surface area contributed by atoms with Crippen LogP contribution >= 0.6 is 0 Å². The lowest BCUT2D eigenvalue weighted by atomic mass is 9.78. The molecular formula is C17H19NO5. The Kier molecular flexibility index (Phi) is 4.07. The van der Waals surface area contributed by atoms with Crippen molar-refractivity contribution in [2.24, 2.45) is 23.7 Å². The molecule has 3 rings (SSSR count). The van der Waals surface area contributed by atoms with Crippen molar-refractivity contribution in [1.82, 2.24) is 5.32 Å². The molecule has 0 unspecified atom stereocenters. The van der Waals surface area contributed by atoms with Gasteiger partial charge in [-0.2, -0.15) is 0 Å². The Hall–Kier alpha value is -2.37. The van der Waals surface area contributed by atoms with Crippen LogP contribution in [0.5, 0.6) is 0 Å². The smallest absolute Gasteiger partial charge is 0.335 e. The molecule has 4 atom stereocenters. The summed E-state index contributed by atoms with van der Waals surface area (Å²) >= 11 is 0. The van der Waals surface area contributed by atoms with Crippen molar-refractivity contribution in [3.8, 4) is 0 Å². The van der Waals surface area contributed by atoms with Gasteiger partial charge in [-0.05, 0) is 48.8 Å². The van der Waals surface area contributed by atoms with Crippen LogP contribution in [0.4, 0.5) is 0 Å². The van der Waals surface area contributed by atoms with Crippen molar-refractivity contribution in [3.05, 3.63) is 35.4 Å². The average Bonchev–Trinajstić information content (AvgIpc) is 3.13. The van der Waals surface area contributed by atoms with Crippen molar-refractivity contribution >= 4 is 17.8 Å². The zero-order valence-electron chi connectivity index (χ0n) is 12.6. The Morgan fingerprint density at radius 2 is 1.61 bits per heavy atom. The number of carboxylic acids is 2. The molecule has 0 saturated heterocycles. The van der Waals surface area contributed by atoms with Crippen molar-refractivity contribution in [3.63, 3.8) is 0 Å². The molecule has 3 N–H and O–H groups in total. The van der Waals surface area contributed by atoms with E-state index in [1.807, 2.05) is 0 Å². The normalized spacial score (nSPS) is 28.5. The van der Waals surface area contributed by atoms with Gasteiger partial charge in [-0.15, -0.1) is 0 Å². The third-order valence-electron chi connectivity index (χ3n) is 5.17. The molecule has 0 radical (unpaired) electrons. The zero-order chi connectivity index (χ0) is 16.6. The van der Waals surface area contributed by atoms with Gasteiger partial charge in [0.1, 0.15) is 0 Å². The Morgan fingerprint density at radius 1 is 1.00 bits per heavy atom. The molecule has 1 amide bonds. The van der Waals surface area contributed by atoms with Crippen LogP contribution in [0, 0.1) is 23.7 Å². The summed E-state index contributed by atoms with van der Waals surface area (Å²) in [5, 5.41) is 21.1. The Bertz CT molecular complexity index is 639. The number of aliphatic carboxylic acids is 1. The van der Waals surface area contributed by atoms with E-state index >= 15 is 0 Å². The van der Waals surface area contributed by atoms with E-state index in [1.165, 1.54) is 12.1 Å². The highest BCUT2D eigenvalue weighted by molar-refractivity contribution is 5.88. The second-order valence-corrected chi connectivity index (χ2v) is 6.44. The maximum Gasteiger partial charge on any atom is 0.335 e. The SMILES string of the molecule is O=C(O)c1ccc(CNC(=O)[C@H]2[C@H]3CC[C@@H](C3)[C@H]2C(=O)O)cc1. The van der Waals surface area contributed by atoms with E-state index in [2.05, 4.69) is 5.32 Å². The first-order valence-electron chi connectivity index (χ1n) is 7.80. The fourth-order valence-corrected chi connectivity index (χ4v) is 4.10. The molecule has 1 aromatic rings. The fourth-order valence-electron chi connectivity index (χ4n) is 4.10. The quantitative estimate of drug-likeness (QED) is 0.767. The van der Waals surface area contributed by atoms with Gasteiger partial charge in [-0.1, -0.05) is 12.1 Å². The molecule has 2 bridgehead atoms. The van der Waals surface area contributed by atoms with E-state index in [0.29, 0.717) is 0 Å². The maximum atomic E-state index is 12.4. The van der Waals surface area contributed by atoms with Crippen LogP contribution in [0.25, 0.3) is 0 Å². The first-order valence-corrected chi connectivity index (χ1v) is 7.80. The Labute approximate surface area is 133 Å². The van der Waals surface area contributed by atoms with Crippen molar-refractivity contribution in [2.45, 2.75) is 25.8 Å². The summed E-state index contributed by atoms with van der Waals surface area (Å²) in [6, 6.07) is 6.28. The summed E-state index contributed by atoms with van der Waals surface area (Å²) in [6.45, 7) is 0.277.